The van der Waals surface area contributed by atoms with Crippen molar-refractivity contribution < 1.29 is 4.74 Å². The number of ether oxygens (including phenoxy) is 1. The van der Waals surface area contributed by atoms with Crippen LogP contribution in [0.2, 0.25) is 0 Å². The molecule has 0 spiro atoms. The van der Waals surface area contributed by atoms with Crippen molar-refractivity contribution in [1.82, 2.24) is 9.97 Å². The van der Waals surface area contributed by atoms with Crippen molar-refractivity contribution in [2.45, 2.75) is 38.6 Å². The van der Waals surface area contributed by atoms with Crippen molar-refractivity contribution >= 4 is 21.7 Å². The summed E-state index contributed by atoms with van der Waals surface area (Å²) < 4.78 is 5.28. The monoisotopic (exact) mass is 313 g/mol. The van der Waals surface area contributed by atoms with Crippen molar-refractivity contribution in [2.24, 2.45) is 0 Å². The summed E-state index contributed by atoms with van der Waals surface area (Å²) in [5.74, 6) is 1.72. The molecule has 0 aromatic carbocycles. The van der Waals surface area contributed by atoms with Crippen molar-refractivity contribution in [3.8, 4) is 5.88 Å². The molecule has 1 atom stereocenters. The predicted octanol–water partition coefficient (Wildman–Crippen LogP) is 2.94. The summed E-state index contributed by atoms with van der Waals surface area (Å²) in [6, 6.07) is 0.580. The number of halogens is 1. The molecule has 1 aromatic heterocycles. The van der Waals surface area contributed by atoms with Crippen LogP contribution in [-0.2, 0) is 0 Å². The molecule has 0 aliphatic carbocycles. The Balaban J connectivity index is 2.27. The third kappa shape index (κ3) is 2.76. The lowest BCUT2D eigenvalue weighted by atomic mass is 9.99. The quantitative estimate of drug-likeness (QED) is 0.801. The van der Waals surface area contributed by atoms with E-state index in [1.54, 1.807) is 13.4 Å². The van der Waals surface area contributed by atoms with Gasteiger partial charge in [-0.15, -0.1) is 0 Å². The fourth-order valence-corrected chi connectivity index (χ4v) is 3.15. The summed E-state index contributed by atoms with van der Waals surface area (Å²) in [4.78, 5) is 11.0. The maximum absolute atomic E-state index is 5.28. The summed E-state index contributed by atoms with van der Waals surface area (Å²) >= 11 is 3.55. The van der Waals surface area contributed by atoms with Crippen molar-refractivity contribution in [3.63, 3.8) is 0 Å². The molecule has 0 radical (unpaired) electrons. The molecule has 2 heterocycles. The first-order valence-electron chi connectivity index (χ1n) is 6.46. The number of anilines is 1. The smallest absolute Gasteiger partial charge is 0.221 e. The number of hydrogen-bond donors (Lipinski definition) is 0. The topological polar surface area (TPSA) is 38.3 Å². The van der Waals surface area contributed by atoms with Crippen LogP contribution in [0, 0.1) is 6.92 Å². The van der Waals surface area contributed by atoms with Crippen LogP contribution in [0.5, 0.6) is 5.88 Å². The summed E-state index contributed by atoms with van der Waals surface area (Å²) in [7, 11) is 1.66. The van der Waals surface area contributed by atoms with Gasteiger partial charge in [-0.3, -0.25) is 0 Å². The zero-order chi connectivity index (χ0) is 13.0. The van der Waals surface area contributed by atoms with Crippen molar-refractivity contribution in [1.29, 1.82) is 0 Å². The van der Waals surface area contributed by atoms with E-state index >= 15 is 0 Å². The minimum atomic E-state index is 0.580. The number of alkyl halides is 1. The fourth-order valence-electron chi connectivity index (χ4n) is 2.63. The minimum Gasteiger partial charge on any atom is -0.481 e. The van der Waals surface area contributed by atoms with Gasteiger partial charge in [-0.2, -0.15) is 0 Å². The lowest BCUT2D eigenvalue weighted by Gasteiger charge is -2.37. The predicted molar refractivity (Wildman–Crippen MR) is 76.7 cm³/mol. The molecule has 18 heavy (non-hydrogen) atoms. The molecule has 0 amide bonds. The standard InChI is InChI=1S/C13H20BrN3O/c1-10-12(15-9-16-13(10)18-2)17-8-4-3-5-11(17)6-7-14/h9,11H,3-8H2,1-2H3. The first kappa shape index (κ1) is 13.6. The Morgan fingerprint density at radius 1 is 1.44 bits per heavy atom. The van der Waals surface area contributed by atoms with Crippen LogP contribution in [0.4, 0.5) is 5.82 Å². The van der Waals surface area contributed by atoms with E-state index in [9.17, 15) is 0 Å². The molecule has 1 unspecified atom stereocenters. The Kier molecular flexibility index (Phi) is 4.80. The maximum atomic E-state index is 5.28. The summed E-state index contributed by atoms with van der Waals surface area (Å²) in [5, 5.41) is 1.04. The van der Waals surface area contributed by atoms with Gasteiger partial charge < -0.3 is 9.64 Å². The summed E-state index contributed by atoms with van der Waals surface area (Å²) in [6.45, 7) is 3.12. The van der Waals surface area contributed by atoms with E-state index < -0.39 is 0 Å². The first-order valence-corrected chi connectivity index (χ1v) is 7.58. The number of aromatic nitrogens is 2. The summed E-state index contributed by atoms with van der Waals surface area (Å²) in [6.07, 6.45) is 6.56. The van der Waals surface area contributed by atoms with Crippen LogP contribution in [0.1, 0.15) is 31.2 Å². The first-order chi connectivity index (χ1) is 8.77. The van der Waals surface area contributed by atoms with Gasteiger partial charge in [0, 0.05) is 17.9 Å². The van der Waals surface area contributed by atoms with Gasteiger partial charge in [0.05, 0.1) is 12.7 Å². The molecule has 1 aromatic rings. The van der Waals surface area contributed by atoms with Crippen LogP contribution >= 0.6 is 15.9 Å². The second kappa shape index (κ2) is 6.36. The lowest BCUT2D eigenvalue weighted by Crippen LogP contribution is -2.40. The minimum absolute atomic E-state index is 0.580. The maximum Gasteiger partial charge on any atom is 0.221 e. The number of hydrogen-bond acceptors (Lipinski definition) is 4. The molecule has 1 aliphatic heterocycles. The van der Waals surface area contributed by atoms with Crippen molar-refractivity contribution in [2.75, 3.05) is 23.9 Å². The normalized spacial score (nSPS) is 19.9. The number of rotatable bonds is 4. The SMILES string of the molecule is COc1ncnc(N2CCCCC2CCBr)c1C. The van der Waals surface area contributed by atoms with Crippen LogP contribution in [-0.4, -0.2) is 35.0 Å². The molecule has 0 saturated carbocycles. The Hall–Kier alpha value is -0.840. The average molecular weight is 314 g/mol. The van der Waals surface area contributed by atoms with E-state index in [1.807, 2.05) is 6.92 Å². The molecule has 1 fully saturated rings. The van der Waals surface area contributed by atoms with Gasteiger partial charge in [0.25, 0.3) is 0 Å². The van der Waals surface area contributed by atoms with E-state index in [0.717, 1.165) is 29.7 Å². The fraction of sp³-hybridized carbons (Fsp3) is 0.692. The molecule has 0 N–H and O–H groups in total. The Bertz CT molecular complexity index is 398. The van der Waals surface area contributed by atoms with Crippen LogP contribution < -0.4 is 9.64 Å². The average Bonchev–Trinajstić information content (AvgIpc) is 2.40. The van der Waals surface area contributed by atoms with E-state index in [-0.39, 0.29) is 0 Å². The van der Waals surface area contributed by atoms with E-state index in [1.165, 1.54) is 19.3 Å². The van der Waals surface area contributed by atoms with Crippen LogP contribution in [0.25, 0.3) is 0 Å². The largest absolute Gasteiger partial charge is 0.481 e. The molecule has 4 nitrogen and oxygen atoms in total. The van der Waals surface area contributed by atoms with Crippen molar-refractivity contribution in [3.05, 3.63) is 11.9 Å². The van der Waals surface area contributed by atoms with Gasteiger partial charge in [0.1, 0.15) is 12.1 Å². The highest BCUT2D eigenvalue weighted by atomic mass is 79.9. The van der Waals surface area contributed by atoms with Crippen LogP contribution in [0.15, 0.2) is 6.33 Å². The highest BCUT2D eigenvalue weighted by molar-refractivity contribution is 9.09. The zero-order valence-corrected chi connectivity index (χ0v) is 12.6. The van der Waals surface area contributed by atoms with Crippen LogP contribution in [0.3, 0.4) is 0 Å². The Morgan fingerprint density at radius 3 is 3.00 bits per heavy atom. The van der Waals surface area contributed by atoms with E-state index in [2.05, 4.69) is 30.8 Å². The third-order valence-corrected chi connectivity index (χ3v) is 4.00. The molecule has 100 valence electrons. The highest BCUT2D eigenvalue weighted by Crippen LogP contribution is 2.30. The molecular formula is C13H20BrN3O. The molecule has 5 heteroatoms. The van der Waals surface area contributed by atoms with Gasteiger partial charge in [-0.25, -0.2) is 9.97 Å². The highest BCUT2D eigenvalue weighted by Gasteiger charge is 2.25. The lowest BCUT2D eigenvalue weighted by molar-refractivity contribution is 0.391. The molecular weight excluding hydrogens is 294 g/mol. The molecule has 1 aliphatic rings. The van der Waals surface area contributed by atoms with Gasteiger partial charge in [-0.05, 0) is 32.6 Å². The number of nitrogens with zero attached hydrogens (tertiary/aromatic N) is 3. The number of piperidine rings is 1. The zero-order valence-electron chi connectivity index (χ0n) is 11.0. The molecule has 1 saturated heterocycles. The van der Waals surface area contributed by atoms with E-state index in [0.29, 0.717) is 11.9 Å². The van der Waals surface area contributed by atoms with Gasteiger partial charge in [0.15, 0.2) is 0 Å². The second-order valence-corrected chi connectivity index (χ2v) is 5.45. The Labute approximate surface area is 117 Å². The van der Waals surface area contributed by atoms with E-state index in [4.69, 9.17) is 4.74 Å². The van der Waals surface area contributed by atoms with Gasteiger partial charge in [-0.1, -0.05) is 15.9 Å². The van der Waals surface area contributed by atoms with Gasteiger partial charge in [0.2, 0.25) is 5.88 Å². The van der Waals surface area contributed by atoms with Gasteiger partial charge >= 0.3 is 0 Å². The molecule has 2 rings (SSSR count). The second-order valence-electron chi connectivity index (χ2n) is 4.65. The third-order valence-electron chi connectivity index (χ3n) is 3.55. The summed E-state index contributed by atoms with van der Waals surface area (Å²) in [5.41, 5.74) is 1.04. The molecule has 0 bridgehead atoms. The number of methoxy groups -OCH3 is 1. The Morgan fingerprint density at radius 2 is 2.28 bits per heavy atom.